The normalized spacial score (nSPS) is 11.9. The number of hydrogen-bond acceptors (Lipinski definition) is 5. The van der Waals surface area contributed by atoms with Gasteiger partial charge < -0.3 is 25.4 Å². The highest BCUT2D eigenvalue weighted by Gasteiger charge is 2.30. The van der Waals surface area contributed by atoms with E-state index in [0.29, 0.717) is 12.1 Å². The van der Waals surface area contributed by atoms with Crippen LogP contribution < -0.4 is 10.6 Å². The Morgan fingerprint density at radius 2 is 1.62 bits per heavy atom. The summed E-state index contributed by atoms with van der Waals surface area (Å²) in [6, 6.07) is 14.6. The molecule has 0 fully saturated rings. The van der Waals surface area contributed by atoms with Gasteiger partial charge in [0.05, 0.1) is 0 Å². The summed E-state index contributed by atoms with van der Waals surface area (Å²) in [7, 11) is 0. The SMILES string of the molecule is CCN(C(=O)CNC(=O)OC(C)(C)C)C(C(=O)NCc1ccccc1)c1ccc(O)cc1. The van der Waals surface area contributed by atoms with Crippen molar-refractivity contribution in [3.8, 4) is 5.75 Å². The van der Waals surface area contributed by atoms with E-state index in [1.54, 1.807) is 39.8 Å². The molecule has 8 nitrogen and oxygen atoms in total. The highest BCUT2D eigenvalue weighted by atomic mass is 16.6. The zero-order valence-electron chi connectivity index (χ0n) is 18.9. The van der Waals surface area contributed by atoms with E-state index < -0.39 is 23.6 Å². The quantitative estimate of drug-likeness (QED) is 0.583. The largest absolute Gasteiger partial charge is 0.508 e. The molecule has 0 saturated carbocycles. The Balaban J connectivity index is 2.18. The van der Waals surface area contributed by atoms with E-state index in [4.69, 9.17) is 4.74 Å². The fraction of sp³-hybridized carbons (Fsp3) is 0.375. The zero-order chi connectivity index (χ0) is 23.7. The number of rotatable bonds is 8. The number of amides is 3. The molecule has 0 bridgehead atoms. The summed E-state index contributed by atoms with van der Waals surface area (Å²) in [6.07, 6.45) is -0.711. The lowest BCUT2D eigenvalue weighted by atomic mass is 10.0. The van der Waals surface area contributed by atoms with Gasteiger partial charge in [0.25, 0.3) is 0 Å². The van der Waals surface area contributed by atoms with E-state index >= 15 is 0 Å². The number of nitrogens with zero attached hydrogens (tertiary/aromatic N) is 1. The van der Waals surface area contributed by atoms with Crippen LogP contribution >= 0.6 is 0 Å². The van der Waals surface area contributed by atoms with Crippen LogP contribution in [0.1, 0.15) is 44.9 Å². The minimum Gasteiger partial charge on any atom is -0.508 e. The first-order valence-electron chi connectivity index (χ1n) is 10.5. The molecular formula is C24H31N3O5. The highest BCUT2D eigenvalue weighted by Crippen LogP contribution is 2.23. The number of ether oxygens (including phenoxy) is 1. The van der Waals surface area contributed by atoms with Gasteiger partial charge in [-0.3, -0.25) is 9.59 Å². The van der Waals surface area contributed by atoms with Gasteiger partial charge in [0, 0.05) is 13.1 Å². The van der Waals surface area contributed by atoms with Gasteiger partial charge in [0.15, 0.2) is 0 Å². The van der Waals surface area contributed by atoms with Gasteiger partial charge in [-0.05, 0) is 51.0 Å². The highest BCUT2D eigenvalue weighted by molar-refractivity contribution is 5.90. The third-order valence-corrected chi connectivity index (χ3v) is 4.52. The second-order valence-corrected chi connectivity index (χ2v) is 8.23. The van der Waals surface area contributed by atoms with E-state index in [1.165, 1.54) is 17.0 Å². The number of phenols is 1. The maximum Gasteiger partial charge on any atom is 0.408 e. The number of phenolic OH excluding ortho intramolecular Hbond substituents is 1. The lowest BCUT2D eigenvalue weighted by molar-refractivity contribution is -0.140. The first-order valence-corrected chi connectivity index (χ1v) is 10.5. The molecule has 0 saturated heterocycles. The Labute approximate surface area is 188 Å². The van der Waals surface area contributed by atoms with Crippen molar-refractivity contribution in [3.05, 3.63) is 65.7 Å². The van der Waals surface area contributed by atoms with E-state index in [1.807, 2.05) is 30.3 Å². The minimum absolute atomic E-state index is 0.0539. The van der Waals surface area contributed by atoms with Crippen LogP contribution in [0.3, 0.4) is 0 Å². The first kappa shape index (κ1) is 24.7. The summed E-state index contributed by atoms with van der Waals surface area (Å²) in [5.74, 6) is -0.753. The Morgan fingerprint density at radius 3 is 2.19 bits per heavy atom. The number of carbonyl (C=O) groups excluding carboxylic acids is 3. The van der Waals surface area contributed by atoms with Crippen LogP contribution in [-0.4, -0.2) is 46.6 Å². The smallest absolute Gasteiger partial charge is 0.408 e. The molecule has 0 heterocycles. The predicted octanol–water partition coefficient (Wildman–Crippen LogP) is 3.12. The molecule has 8 heteroatoms. The molecule has 1 unspecified atom stereocenters. The van der Waals surface area contributed by atoms with Crippen molar-refractivity contribution in [2.75, 3.05) is 13.1 Å². The summed E-state index contributed by atoms with van der Waals surface area (Å²) in [6.45, 7) is 7.15. The Bertz CT molecular complexity index is 907. The van der Waals surface area contributed by atoms with Crippen molar-refractivity contribution in [2.24, 2.45) is 0 Å². The van der Waals surface area contributed by atoms with Crippen LogP contribution in [-0.2, 0) is 20.9 Å². The summed E-state index contributed by atoms with van der Waals surface area (Å²) in [4.78, 5) is 39.4. The number of likely N-dealkylation sites (N-methyl/N-ethyl adjacent to an activating group) is 1. The van der Waals surface area contributed by atoms with Gasteiger partial charge in [-0.25, -0.2) is 4.79 Å². The predicted molar refractivity (Wildman–Crippen MR) is 121 cm³/mol. The molecular weight excluding hydrogens is 410 g/mol. The molecule has 3 amide bonds. The van der Waals surface area contributed by atoms with E-state index in [2.05, 4.69) is 10.6 Å². The monoisotopic (exact) mass is 441 g/mol. The number of benzene rings is 2. The Kier molecular flexibility index (Phi) is 8.63. The van der Waals surface area contributed by atoms with Crippen LogP contribution in [0, 0.1) is 0 Å². The third-order valence-electron chi connectivity index (χ3n) is 4.52. The Hall–Kier alpha value is -3.55. The van der Waals surface area contributed by atoms with Gasteiger partial charge in [0.1, 0.15) is 23.9 Å². The fourth-order valence-corrected chi connectivity index (χ4v) is 3.08. The molecule has 172 valence electrons. The van der Waals surface area contributed by atoms with E-state index in [-0.39, 0.29) is 24.7 Å². The van der Waals surface area contributed by atoms with Gasteiger partial charge in [-0.2, -0.15) is 0 Å². The lowest BCUT2D eigenvalue weighted by Crippen LogP contribution is -2.47. The molecule has 0 aliphatic carbocycles. The van der Waals surface area contributed by atoms with Crippen molar-refractivity contribution in [3.63, 3.8) is 0 Å². The summed E-state index contributed by atoms with van der Waals surface area (Å²) in [5.41, 5.74) is 0.774. The molecule has 32 heavy (non-hydrogen) atoms. The second kappa shape index (κ2) is 11.2. The number of alkyl carbamates (subject to hydrolysis) is 1. The molecule has 0 aliphatic rings. The molecule has 3 N–H and O–H groups in total. The minimum atomic E-state index is -0.933. The standard InChI is InChI=1S/C24H31N3O5/c1-5-27(20(29)16-26-23(31)32-24(2,3)4)21(18-11-13-19(28)14-12-18)22(30)25-15-17-9-7-6-8-10-17/h6-14,21,28H,5,15-16H2,1-4H3,(H,25,30)(H,26,31). The maximum absolute atomic E-state index is 13.2. The molecule has 2 aromatic rings. The molecule has 2 rings (SSSR count). The van der Waals surface area contributed by atoms with Crippen LogP contribution in [0.2, 0.25) is 0 Å². The fourth-order valence-electron chi connectivity index (χ4n) is 3.08. The number of nitrogens with one attached hydrogen (secondary N) is 2. The van der Waals surface area contributed by atoms with Crippen molar-refractivity contribution < 1.29 is 24.2 Å². The maximum atomic E-state index is 13.2. The van der Waals surface area contributed by atoms with Gasteiger partial charge in [0.2, 0.25) is 11.8 Å². The van der Waals surface area contributed by atoms with E-state index in [0.717, 1.165) is 5.56 Å². The van der Waals surface area contributed by atoms with Crippen molar-refractivity contribution >= 4 is 17.9 Å². The summed E-state index contributed by atoms with van der Waals surface area (Å²) in [5, 5.41) is 14.9. The van der Waals surface area contributed by atoms with Crippen LogP contribution in [0.4, 0.5) is 4.79 Å². The van der Waals surface area contributed by atoms with Crippen molar-refractivity contribution in [2.45, 2.75) is 45.9 Å². The average molecular weight is 442 g/mol. The zero-order valence-corrected chi connectivity index (χ0v) is 18.9. The summed E-state index contributed by atoms with van der Waals surface area (Å²) >= 11 is 0. The number of aromatic hydroxyl groups is 1. The molecule has 1 atom stereocenters. The summed E-state index contributed by atoms with van der Waals surface area (Å²) < 4.78 is 5.17. The number of hydrogen-bond donors (Lipinski definition) is 3. The van der Waals surface area contributed by atoms with Crippen LogP contribution in [0.5, 0.6) is 5.75 Å². The second-order valence-electron chi connectivity index (χ2n) is 8.23. The van der Waals surface area contributed by atoms with Gasteiger partial charge >= 0.3 is 6.09 Å². The Morgan fingerprint density at radius 1 is 1.00 bits per heavy atom. The molecule has 0 spiro atoms. The van der Waals surface area contributed by atoms with Gasteiger partial charge in [-0.1, -0.05) is 42.5 Å². The van der Waals surface area contributed by atoms with Crippen molar-refractivity contribution in [1.82, 2.24) is 15.5 Å². The lowest BCUT2D eigenvalue weighted by Gasteiger charge is -2.30. The van der Waals surface area contributed by atoms with E-state index in [9.17, 15) is 19.5 Å². The van der Waals surface area contributed by atoms with Crippen LogP contribution in [0.25, 0.3) is 0 Å². The molecule has 2 aromatic carbocycles. The molecule has 0 radical (unpaired) electrons. The van der Waals surface area contributed by atoms with Gasteiger partial charge in [-0.15, -0.1) is 0 Å². The van der Waals surface area contributed by atoms with Crippen LogP contribution in [0.15, 0.2) is 54.6 Å². The third kappa shape index (κ3) is 7.61. The number of carbonyl (C=O) groups is 3. The molecule has 0 aliphatic heterocycles. The topological polar surface area (TPSA) is 108 Å². The van der Waals surface area contributed by atoms with Crippen molar-refractivity contribution in [1.29, 1.82) is 0 Å². The average Bonchev–Trinajstić information content (AvgIpc) is 2.74. The molecule has 0 aromatic heterocycles. The first-order chi connectivity index (χ1) is 15.1.